The number of aryl methyl sites for hydroxylation is 2. The fraction of sp³-hybridized carbons (Fsp3) is 0.394. The number of pyridine rings is 1. The Bertz CT molecular complexity index is 1760. The minimum absolute atomic E-state index is 0.129. The van der Waals surface area contributed by atoms with E-state index in [0.29, 0.717) is 34.0 Å². The Labute approximate surface area is 256 Å². The predicted octanol–water partition coefficient (Wildman–Crippen LogP) is 4.54. The molecule has 7 rings (SSSR count). The molecule has 2 fully saturated rings. The number of nitrogens with zero attached hydrogens (tertiary/aromatic N) is 5. The molecule has 5 heterocycles. The average Bonchev–Trinajstić information content (AvgIpc) is 3.66. The van der Waals surface area contributed by atoms with E-state index in [-0.39, 0.29) is 16.9 Å². The Balaban J connectivity index is 1.24. The Hall–Kier alpha value is -3.79. The lowest BCUT2D eigenvalue weighted by Crippen LogP contribution is -2.46. The summed E-state index contributed by atoms with van der Waals surface area (Å²) in [5, 5.41) is 4.02. The number of likely N-dealkylation sites (tertiary alicyclic amines) is 1. The number of nitrogens with one attached hydrogen (secondary N) is 1. The highest BCUT2D eigenvalue weighted by molar-refractivity contribution is 6.30. The average molecular weight is 601 g/mol. The number of ether oxygens (including phenoxy) is 1. The standard InChI is InChI=1S/C33H37ClN6O3/c1-22-18-25-30-32(29(22)39-16-14-38(15-17-39)20-24-6-5-10-36(24)2)43-28-19-23(34)7-8-27(28)40(30)21-26(31(25)41)33(42)35-9-13-37-11-3-4-12-37/h5-8,10,18-19,21H,3-4,9,11-17,20H2,1-2H3,(H,35,42). The molecule has 0 bridgehead atoms. The molecule has 2 aromatic carbocycles. The van der Waals surface area contributed by atoms with Crippen LogP contribution in [-0.4, -0.2) is 77.2 Å². The molecule has 9 nitrogen and oxygen atoms in total. The van der Waals surface area contributed by atoms with Crippen LogP contribution >= 0.6 is 11.6 Å². The number of halogens is 1. The first-order valence-electron chi connectivity index (χ1n) is 15.2. The zero-order chi connectivity index (χ0) is 29.7. The number of carbonyl (C=O) groups excluding carboxylic acids is 1. The van der Waals surface area contributed by atoms with Crippen molar-refractivity contribution in [1.29, 1.82) is 0 Å². The Morgan fingerprint density at radius 1 is 1.02 bits per heavy atom. The molecule has 2 aromatic heterocycles. The van der Waals surface area contributed by atoms with E-state index in [1.807, 2.05) is 23.6 Å². The number of hydrogen-bond acceptors (Lipinski definition) is 6. The van der Waals surface area contributed by atoms with Gasteiger partial charge >= 0.3 is 0 Å². The van der Waals surface area contributed by atoms with Crippen LogP contribution < -0.4 is 20.4 Å². The zero-order valence-electron chi connectivity index (χ0n) is 24.7. The van der Waals surface area contributed by atoms with Crippen molar-refractivity contribution in [2.75, 3.05) is 57.3 Å². The number of piperazine rings is 1. The van der Waals surface area contributed by atoms with Crippen LogP contribution in [0.25, 0.3) is 16.6 Å². The number of rotatable bonds is 7. The summed E-state index contributed by atoms with van der Waals surface area (Å²) in [6.07, 6.45) is 6.15. The molecule has 0 saturated carbocycles. The molecular formula is C33H37ClN6O3. The van der Waals surface area contributed by atoms with Gasteiger partial charge in [0.05, 0.1) is 16.8 Å². The van der Waals surface area contributed by atoms with Gasteiger partial charge in [0.25, 0.3) is 5.91 Å². The van der Waals surface area contributed by atoms with Gasteiger partial charge < -0.3 is 29.0 Å². The third kappa shape index (κ3) is 5.19. The molecule has 43 heavy (non-hydrogen) atoms. The molecule has 3 aliphatic rings. The van der Waals surface area contributed by atoms with E-state index in [0.717, 1.165) is 69.3 Å². The third-order valence-electron chi connectivity index (χ3n) is 9.08. The first-order valence-corrected chi connectivity index (χ1v) is 15.5. The van der Waals surface area contributed by atoms with E-state index >= 15 is 0 Å². The van der Waals surface area contributed by atoms with Gasteiger partial charge in [0.1, 0.15) is 11.1 Å². The molecule has 3 aliphatic heterocycles. The van der Waals surface area contributed by atoms with Crippen molar-refractivity contribution in [1.82, 2.24) is 24.3 Å². The molecule has 0 aliphatic carbocycles. The number of hydrogen-bond donors (Lipinski definition) is 1. The predicted molar refractivity (Wildman–Crippen MR) is 170 cm³/mol. The van der Waals surface area contributed by atoms with Gasteiger partial charge in [-0.15, -0.1) is 0 Å². The van der Waals surface area contributed by atoms with Gasteiger partial charge in [-0.05, 0) is 68.8 Å². The van der Waals surface area contributed by atoms with Gasteiger partial charge in [0.2, 0.25) is 5.43 Å². The number of amides is 1. The minimum atomic E-state index is -0.352. The van der Waals surface area contributed by atoms with E-state index in [2.05, 4.69) is 50.0 Å². The Morgan fingerprint density at radius 2 is 1.81 bits per heavy atom. The number of aromatic nitrogens is 2. The van der Waals surface area contributed by atoms with Gasteiger partial charge in [-0.1, -0.05) is 11.6 Å². The maximum absolute atomic E-state index is 13.9. The van der Waals surface area contributed by atoms with Crippen LogP contribution in [0.1, 0.15) is 34.5 Å². The molecule has 224 valence electrons. The lowest BCUT2D eigenvalue weighted by molar-refractivity contribution is 0.0948. The van der Waals surface area contributed by atoms with Gasteiger partial charge in [0.15, 0.2) is 11.5 Å². The topological polar surface area (TPSA) is 75.0 Å². The molecule has 2 saturated heterocycles. The molecule has 0 unspecified atom stereocenters. The summed E-state index contributed by atoms with van der Waals surface area (Å²) in [5.41, 5.74) is 4.49. The van der Waals surface area contributed by atoms with Crippen molar-refractivity contribution >= 4 is 34.1 Å². The molecule has 1 N–H and O–H groups in total. The lowest BCUT2D eigenvalue weighted by Gasteiger charge is -2.38. The second kappa shape index (κ2) is 11.4. The van der Waals surface area contributed by atoms with Gasteiger partial charge in [-0.3, -0.25) is 14.5 Å². The van der Waals surface area contributed by atoms with E-state index in [1.165, 1.54) is 18.5 Å². The highest BCUT2D eigenvalue weighted by Gasteiger charge is 2.31. The minimum Gasteiger partial charge on any atom is -0.451 e. The van der Waals surface area contributed by atoms with Crippen molar-refractivity contribution in [2.24, 2.45) is 7.05 Å². The quantitative estimate of drug-likeness (QED) is 0.296. The van der Waals surface area contributed by atoms with Crippen molar-refractivity contribution in [3.05, 3.63) is 80.9 Å². The summed E-state index contributed by atoms with van der Waals surface area (Å²) < 4.78 is 10.7. The van der Waals surface area contributed by atoms with Crippen molar-refractivity contribution in [2.45, 2.75) is 26.3 Å². The second-order valence-electron chi connectivity index (χ2n) is 11.9. The first-order chi connectivity index (χ1) is 20.9. The molecule has 0 radical (unpaired) electrons. The van der Waals surface area contributed by atoms with Crippen LogP contribution in [0.2, 0.25) is 5.02 Å². The molecule has 4 aromatic rings. The van der Waals surface area contributed by atoms with E-state index in [1.54, 1.807) is 18.3 Å². The number of carbonyl (C=O) groups is 1. The van der Waals surface area contributed by atoms with Crippen LogP contribution in [0.5, 0.6) is 11.5 Å². The van der Waals surface area contributed by atoms with E-state index < -0.39 is 0 Å². The second-order valence-corrected chi connectivity index (χ2v) is 12.3. The van der Waals surface area contributed by atoms with E-state index in [9.17, 15) is 9.59 Å². The summed E-state index contributed by atoms with van der Waals surface area (Å²) in [7, 11) is 2.08. The maximum atomic E-state index is 13.9. The zero-order valence-corrected chi connectivity index (χ0v) is 25.5. The third-order valence-corrected chi connectivity index (χ3v) is 9.32. The molecular weight excluding hydrogens is 564 g/mol. The fourth-order valence-corrected chi connectivity index (χ4v) is 6.91. The van der Waals surface area contributed by atoms with Crippen LogP contribution in [0.3, 0.4) is 0 Å². The van der Waals surface area contributed by atoms with Gasteiger partial charge in [-0.25, -0.2) is 0 Å². The normalized spacial score (nSPS) is 16.9. The highest BCUT2D eigenvalue weighted by Crippen LogP contribution is 2.47. The Morgan fingerprint density at radius 3 is 2.56 bits per heavy atom. The molecule has 10 heteroatoms. The summed E-state index contributed by atoms with van der Waals surface area (Å²) in [5.74, 6) is 0.882. The lowest BCUT2D eigenvalue weighted by atomic mass is 10.0. The van der Waals surface area contributed by atoms with E-state index in [4.69, 9.17) is 16.3 Å². The number of benzene rings is 2. The monoisotopic (exact) mass is 600 g/mol. The van der Waals surface area contributed by atoms with Crippen molar-refractivity contribution in [3.63, 3.8) is 0 Å². The summed E-state index contributed by atoms with van der Waals surface area (Å²) >= 11 is 6.40. The van der Waals surface area contributed by atoms with Crippen LogP contribution in [-0.2, 0) is 13.6 Å². The largest absolute Gasteiger partial charge is 0.451 e. The summed E-state index contributed by atoms with van der Waals surface area (Å²) in [6.45, 7) is 9.82. The molecule has 1 amide bonds. The van der Waals surface area contributed by atoms with Gasteiger partial charge in [0, 0.05) is 82.0 Å². The Kier molecular flexibility index (Phi) is 7.41. The molecule has 0 spiro atoms. The first kappa shape index (κ1) is 28.0. The molecule has 0 atom stereocenters. The summed E-state index contributed by atoms with van der Waals surface area (Å²) in [4.78, 5) is 34.4. The highest BCUT2D eigenvalue weighted by atomic mass is 35.5. The number of fused-ring (bicyclic) bond motifs is 2. The SMILES string of the molecule is Cc1cc2c(=O)c(C(=O)NCCN3CCCC3)cn3c2c(c1N1CCN(Cc2cccn2C)CC1)Oc1cc(Cl)ccc1-3. The number of anilines is 1. The van der Waals surface area contributed by atoms with Gasteiger partial charge in [-0.2, -0.15) is 0 Å². The van der Waals surface area contributed by atoms with Crippen LogP contribution in [0, 0.1) is 6.92 Å². The van der Waals surface area contributed by atoms with Crippen molar-refractivity contribution in [3.8, 4) is 17.2 Å². The van der Waals surface area contributed by atoms with Crippen molar-refractivity contribution < 1.29 is 9.53 Å². The summed E-state index contributed by atoms with van der Waals surface area (Å²) in [6, 6.07) is 11.6. The van der Waals surface area contributed by atoms with Crippen LogP contribution in [0.15, 0.2) is 53.6 Å². The maximum Gasteiger partial charge on any atom is 0.256 e. The van der Waals surface area contributed by atoms with Crippen LogP contribution in [0.4, 0.5) is 5.69 Å². The smallest absolute Gasteiger partial charge is 0.256 e. The fourth-order valence-electron chi connectivity index (χ4n) is 6.74.